The number of benzene rings is 1. The molecule has 5 heteroatoms. The van der Waals surface area contributed by atoms with E-state index in [9.17, 15) is 0 Å². The van der Waals surface area contributed by atoms with Crippen LogP contribution >= 0.6 is 0 Å². The second-order valence-electron chi connectivity index (χ2n) is 5.90. The Morgan fingerprint density at radius 3 is 2.70 bits per heavy atom. The number of hydrogen-bond acceptors (Lipinski definition) is 5. The van der Waals surface area contributed by atoms with Crippen LogP contribution in [0.1, 0.15) is 35.8 Å². The molecular formula is C18H23N3O2. The van der Waals surface area contributed by atoms with Crippen LogP contribution in [0, 0.1) is 6.92 Å². The van der Waals surface area contributed by atoms with Gasteiger partial charge in [-0.05, 0) is 44.5 Å². The highest BCUT2D eigenvalue weighted by Crippen LogP contribution is 2.39. The van der Waals surface area contributed by atoms with Crippen LogP contribution in [0.2, 0.25) is 0 Å². The Labute approximate surface area is 137 Å². The molecule has 1 aromatic heterocycles. The van der Waals surface area contributed by atoms with Gasteiger partial charge in [-0.3, -0.25) is 4.90 Å². The monoisotopic (exact) mass is 313 g/mol. The van der Waals surface area contributed by atoms with Gasteiger partial charge in [0.2, 0.25) is 0 Å². The number of methoxy groups -OCH3 is 2. The van der Waals surface area contributed by atoms with E-state index in [1.165, 1.54) is 12.0 Å². The van der Waals surface area contributed by atoms with Gasteiger partial charge in [0.25, 0.3) is 0 Å². The second kappa shape index (κ2) is 6.96. The van der Waals surface area contributed by atoms with Gasteiger partial charge in [0.15, 0.2) is 0 Å². The van der Waals surface area contributed by atoms with E-state index in [2.05, 4.69) is 27.2 Å². The lowest BCUT2D eigenvalue weighted by molar-refractivity contribution is 0.239. The van der Waals surface area contributed by atoms with Crippen molar-refractivity contribution in [1.82, 2.24) is 15.1 Å². The van der Waals surface area contributed by atoms with Gasteiger partial charge in [0.1, 0.15) is 11.5 Å². The van der Waals surface area contributed by atoms with Crippen molar-refractivity contribution in [1.29, 1.82) is 0 Å². The normalized spacial score (nSPS) is 18.1. The molecule has 3 rings (SSSR count). The zero-order valence-corrected chi connectivity index (χ0v) is 14.0. The quantitative estimate of drug-likeness (QED) is 0.848. The number of ether oxygens (including phenoxy) is 2. The maximum absolute atomic E-state index is 5.58. The van der Waals surface area contributed by atoms with Crippen LogP contribution in [0.4, 0.5) is 0 Å². The standard InChI is InChI=1S/C18H23N3O2/c1-13-6-7-14(20-19-13)12-21-10-4-5-17(21)16-9-8-15(22-2)11-18(16)23-3/h6-9,11,17H,4-5,10,12H2,1-3H3. The summed E-state index contributed by atoms with van der Waals surface area (Å²) in [6.45, 7) is 3.83. The third-order valence-electron chi connectivity index (χ3n) is 4.38. The van der Waals surface area contributed by atoms with Crippen molar-refractivity contribution < 1.29 is 9.47 Å². The molecule has 0 saturated carbocycles. The molecule has 1 aliphatic heterocycles. The molecule has 1 fully saturated rings. The first-order chi connectivity index (χ1) is 11.2. The lowest BCUT2D eigenvalue weighted by atomic mass is 10.0. The van der Waals surface area contributed by atoms with Gasteiger partial charge >= 0.3 is 0 Å². The van der Waals surface area contributed by atoms with E-state index < -0.39 is 0 Å². The molecule has 1 atom stereocenters. The molecule has 0 spiro atoms. The third-order valence-corrected chi connectivity index (χ3v) is 4.38. The fraction of sp³-hybridized carbons (Fsp3) is 0.444. The number of aromatic nitrogens is 2. The minimum atomic E-state index is 0.346. The lowest BCUT2D eigenvalue weighted by Gasteiger charge is -2.26. The predicted octanol–water partition coefficient (Wildman–Crippen LogP) is 3.14. The maximum Gasteiger partial charge on any atom is 0.127 e. The SMILES string of the molecule is COc1ccc(C2CCCN2Cc2ccc(C)nn2)c(OC)c1. The number of rotatable bonds is 5. The molecule has 1 aromatic carbocycles. The summed E-state index contributed by atoms with van der Waals surface area (Å²) in [5, 5.41) is 8.45. The number of hydrogen-bond donors (Lipinski definition) is 0. The first-order valence-electron chi connectivity index (χ1n) is 7.96. The minimum absolute atomic E-state index is 0.346. The third kappa shape index (κ3) is 3.45. The fourth-order valence-electron chi connectivity index (χ4n) is 3.18. The van der Waals surface area contributed by atoms with E-state index in [0.717, 1.165) is 42.4 Å². The molecule has 0 radical (unpaired) electrons. The fourth-order valence-corrected chi connectivity index (χ4v) is 3.18. The van der Waals surface area contributed by atoms with E-state index >= 15 is 0 Å². The summed E-state index contributed by atoms with van der Waals surface area (Å²) in [6, 6.07) is 10.5. The summed E-state index contributed by atoms with van der Waals surface area (Å²) in [6.07, 6.45) is 2.31. The minimum Gasteiger partial charge on any atom is -0.497 e. The Balaban J connectivity index is 1.82. The van der Waals surface area contributed by atoms with E-state index in [1.54, 1.807) is 14.2 Å². The number of likely N-dealkylation sites (tertiary alicyclic amines) is 1. The van der Waals surface area contributed by atoms with Crippen LogP contribution in [0.3, 0.4) is 0 Å². The summed E-state index contributed by atoms with van der Waals surface area (Å²) in [4.78, 5) is 2.45. The topological polar surface area (TPSA) is 47.5 Å². The lowest BCUT2D eigenvalue weighted by Crippen LogP contribution is -2.24. The molecule has 0 N–H and O–H groups in total. The molecule has 1 saturated heterocycles. The highest BCUT2D eigenvalue weighted by Gasteiger charge is 2.28. The van der Waals surface area contributed by atoms with E-state index in [-0.39, 0.29) is 0 Å². The van der Waals surface area contributed by atoms with Gasteiger partial charge in [0, 0.05) is 24.2 Å². The summed E-state index contributed by atoms with van der Waals surface area (Å²) in [5.41, 5.74) is 3.17. The van der Waals surface area contributed by atoms with Crippen LogP contribution in [0.25, 0.3) is 0 Å². The van der Waals surface area contributed by atoms with E-state index in [4.69, 9.17) is 9.47 Å². The molecule has 23 heavy (non-hydrogen) atoms. The predicted molar refractivity (Wildman–Crippen MR) is 88.7 cm³/mol. The van der Waals surface area contributed by atoms with Crippen molar-refractivity contribution in [2.45, 2.75) is 32.4 Å². The molecule has 122 valence electrons. The first-order valence-corrected chi connectivity index (χ1v) is 7.96. The molecular weight excluding hydrogens is 290 g/mol. The summed E-state index contributed by atoms with van der Waals surface area (Å²) in [5.74, 6) is 1.70. The average molecular weight is 313 g/mol. The molecule has 2 heterocycles. The van der Waals surface area contributed by atoms with Crippen molar-refractivity contribution in [2.75, 3.05) is 20.8 Å². The Morgan fingerprint density at radius 1 is 1.13 bits per heavy atom. The van der Waals surface area contributed by atoms with Crippen LogP contribution in [0.15, 0.2) is 30.3 Å². The molecule has 1 aliphatic rings. The zero-order chi connectivity index (χ0) is 16.2. The van der Waals surface area contributed by atoms with Crippen molar-refractivity contribution in [3.63, 3.8) is 0 Å². The van der Waals surface area contributed by atoms with Crippen LogP contribution in [-0.2, 0) is 6.54 Å². The molecule has 0 bridgehead atoms. The smallest absolute Gasteiger partial charge is 0.127 e. The first kappa shape index (κ1) is 15.7. The van der Waals surface area contributed by atoms with Crippen molar-refractivity contribution in [2.24, 2.45) is 0 Å². The van der Waals surface area contributed by atoms with Crippen LogP contribution < -0.4 is 9.47 Å². The Bertz CT molecular complexity index is 658. The highest BCUT2D eigenvalue weighted by atomic mass is 16.5. The van der Waals surface area contributed by atoms with Crippen molar-refractivity contribution in [3.8, 4) is 11.5 Å². The van der Waals surface area contributed by atoms with Gasteiger partial charge in [-0.15, -0.1) is 0 Å². The largest absolute Gasteiger partial charge is 0.497 e. The summed E-state index contributed by atoms with van der Waals surface area (Å²) >= 11 is 0. The van der Waals surface area contributed by atoms with Crippen molar-refractivity contribution in [3.05, 3.63) is 47.3 Å². The Kier molecular flexibility index (Phi) is 4.76. The van der Waals surface area contributed by atoms with E-state index in [1.807, 2.05) is 25.1 Å². The Hall–Kier alpha value is -2.14. The van der Waals surface area contributed by atoms with E-state index in [0.29, 0.717) is 6.04 Å². The number of aryl methyl sites for hydroxylation is 1. The molecule has 0 amide bonds. The van der Waals surface area contributed by atoms with Crippen molar-refractivity contribution >= 4 is 0 Å². The maximum atomic E-state index is 5.58. The molecule has 5 nitrogen and oxygen atoms in total. The van der Waals surface area contributed by atoms with Gasteiger partial charge in [0.05, 0.1) is 25.6 Å². The van der Waals surface area contributed by atoms with Crippen LogP contribution in [0.5, 0.6) is 11.5 Å². The van der Waals surface area contributed by atoms with Gasteiger partial charge < -0.3 is 9.47 Å². The summed E-state index contributed by atoms with van der Waals surface area (Å²) in [7, 11) is 3.38. The molecule has 2 aromatic rings. The molecule has 0 aliphatic carbocycles. The Morgan fingerprint density at radius 2 is 2.00 bits per heavy atom. The zero-order valence-electron chi connectivity index (χ0n) is 14.0. The van der Waals surface area contributed by atoms with Gasteiger partial charge in [-0.2, -0.15) is 10.2 Å². The average Bonchev–Trinajstić information content (AvgIpc) is 3.04. The molecule has 1 unspecified atom stereocenters. The number of nitrogens with zero attached hydrogens (tertiary/aromatic N) is 3. The highest BCUT2D eigenvalue weighted by molar-refractivity contribution is 5.42. The second-order valence-corrected chi connectivity index (χ2v) is 5.90. The van der Waals surface area contributed by atoms with Crippen LogP contribution in [-0.4, -0.2) is 35.9 Å². The van der Waals surface area contributed by atoms with Gasteiger partial charge in [-0.25, -0.2) is 0 Å². The summed E-state index contributed by atoms with van der Waals surface area (Å²) < 4.78 is 10.9. The van der Waals surface area contributed by atoms with Gasteiger partial charge in [-0.1, -0.05) is 6.07 Å².